The van der Waals surface area contributed by atoms with Crippen molar-refractivity contribution in [2.75, 3.05) is 7.11 Å². The van der Waals surface area contributed by atoms with Crippen molar-refractivity contribution in [3.8, 4) is 5.75 Å². The molecule has 0 saturated heterocycles. The smallest absolute Gasteiger partial charge is 0.271 e. The minimum absolute atomic E-state index is 0.0674. The van der Waals surface area contributed by atoms with E-state index in [-0.39, 0.29) is 11.3 Å². The van der Waals surface area contributed by atoms with Crippen molar-refractivity contribution in [2.24, 2.45) is 4.99 Å². The predicted molar refractivity (Wildman–Crippen MR) is 121 cm³/mol. The van der Waals surface area contributed by atoms with Gasteiger partial charge in [-0.15, -0.1) is 0 Å². The lowest BCUT2D eigenvalue weighted by molar-refractivity contribution is -0.116. The SMILES string of the molecule is COc1ccc(C2C3=C(CCCC3=O)N=c3sc(=Cc4ccc(Cl)cc4)c(=O)n32)cc1. The number of aromatic nitrogens is 1. The Morgan fingerprint density at radius 1 is 1.10 bits per heavy atom. The second-order valence-electron chi connectivity index (χ2n) is 7.54. The quantitative estimate of drug-likeness (QED) is 0.612. The molecule has 0 bridgehead atoms. The van der Waals surface area contributed by atoms with Gasteiger partial charge in [0.05, 0.1) is 23.4 Å². The van der Waals surface area contributed by atoms with Crippen molar-refractivity contribution in [3.63, 3.8) is 0 Å². The summed E-state index contributed by atoms with van der Waals surface area (Å²) in [5, 5.41) is 0.643. The van der Waals surface area contributed by atoms with Gasteiger partial charge >= 0.3 is 0 Å². The molecule has 0 fully saturated rings. The third-order valence-corrected chi connectivity index (χ3v) is 6.86. The minimum Gasteiger partial charge on any atom is -0.497 e. The first-order valence-corrected chi connectivity index (χ1v) is 11.2. The Bertz CT molecular complexity index is 1380. The fourth-order valence-electron chi connectivity index (χ4n) is 4.12. The summed E-state index contributed by atoms with van der Waals surface area (Å²) in [5.41, 5.74) is 3.05. The predicted octanol–water partition coefficient (Wildman–Crippen LogP) is 3.63. The minimum atomic E-state index is -0.475. The van der Waals surface area contributed by atoms with E-state index >= 15 is 0 Å². The summed E-state index contributed by atoms with van der Waals surface area (Å²) in [4.78, 5) is 31.7. The van der Waals surface area contributed by atoms with E-state index in [2.05, 4.69) is 0 Å². The van der Waals surface area contributed by atoms with Gasteiger partial charge in [0.25, 0.3) is 5.56 Å². The number of allylic oxidation sites excluding steroid dienone is 2. The van der Waals surface area contributed by atoms with Gasteiger partial charge in [-0.25, -0.2) is 4.99 Å². The van der Waals surface area contributed by atoms with Crippen LogP contribution in [0.1, 0.15) is 36.4 Å². The molecular weight excluding hydrogens is 432 g/mol. The van der Waals surface area contributed by atoms with Crippen molar-refractivity contribution in [3.05, 3.63) is 95.6 Å². The van der Waals surface area contributed by atoms with Crippen LogP contribution in [0.2, 0.25) is 5.02 Å². The van der Waals surface area contributed by atoms with Crippen LogP contribution >= 0.6 is 22.9 Å². The molecule has 1 aliphatic carbocycles. The zero-order valence-electron chi connectivity index (χ0n) is 16.8. The van der Waals surface area contributed by atoms with E-state index < -0.39 is 6.04 Å². The lowest BCUT2D eigenvalue weighted by Crippen LogP contribution is -2.40. The van der Waals surface area contributed by atoms with Crippen LogP contribution in [-0.2, 0) is 4.79 Å². The molecule has 31 heavy (non-hydrogen) atoms. The van der Waals surface area contributed by atoms with Gasteiger partial charge < -0.3 is 4.74 Å². The Kier molecular flexibility index (Phi) is 5.12. The highest BCUT2D eigenvalue weighted by Gasteiger charge is 2.34. The van der Waals surface area contributed by atoms with Gasteiger partial charge in [0, 0.05) is 17.0 Å². The molecule has 3 aromatic rings. The molecule has 2 heterocycles. The molecular formula is C24H19ClN2O3S. The number of carbonyl (C=O) groups excluding carboxylic acids is 1. The number of carbonyl (C=O) groups is 1. The number of halogens is 1. The Hall–Kier alpha value is -2.96. The number of rotatable bonds is 3. The number of thiazole rings is 1. The lowest BCUT2D eigenvalue weighted by Gasteiger charge is -2.28. The summed E-state index contributed by atoms with van der Waals surface area (Å²) in [6.07, 6.45) is 3.86. The Morgan fingerprint density at radius 3 is 2.55 bits per heavy atom. The summed E-state index contributed by atoms with van der Waals surface area (Å²) >= 11 is 7.33. The van der Waals surface area contributed by atoms with Crippen molar-refractivity contribution >= 4 is 34.8 Å². The summed E-state index contributed by atoms with van der Waals surface area (Å²) in [6, 6.07) is 14.4. The van der Waals surface area contributed by atoms with Crippen molar-refractivity contribution in [1.29, 1.82) is 0 Å². The van der Waals surface area contributed by atoms with Crippen LogP contribution in [0.5, 0.6) is 5.75 Å². The molecule has 1 aromatic heterocycles. The van der Waals surface area contributed by atoms with E-state index in [0.29, 0.717) is 26.4 Å². The van der Waals surface area contributed by atoms with E-state index in [1.807, 2.05) is 42.5 Å². The number of benzene rings is 2. The standard InChI is InChI=1S/C24H19ClN2O3S/c1-30-17-11-7-15(8-12-17)22-21-18(3-2-4-19(21)28)26-24-27(22)23(29)20(31-24)13-14-5-9-16(25)10-6-14/h5-13,22H,2-4H2,1H3. The highest BCUT2D eigenvalue weighted by atomic mass is 35.5. The van der Waals surface area contributed by atoms with E-state index in [0.717, 1.165) is 35.4 Å². The van der Waals surface area contributed by atoms with Crippen molar-refractivity contribution < 1.29 is 9.53 Å². The number of ketones is 1. The largest absolute Gasteiger partial charge is 0.497 e. The number of Topliss-reactive ketones (excluding diaryl/α,β-unsaturated/α-hetero) is 1. The number of nitrogens with zero attached hydrogens (tertiary/aromatic N) is 2. The van der Waals surface area contributed by atoms with Crippen molar-refractivity contribution in [2.45, 2.75) is 25.3 Å². The third-order valence-electron chi connectivity index (χ3n) is 5.63. The maximum Gasteiger partial charge on any atom is 0.271 e. The van der Waals surface area contributed by atoms with Gasteiger partial charge in [0.2, 0.25) is 0 Å². The highest BCUT2D eigenvalue weighted by molar-refractivity contribution is 7.07. The molecule has 0 radical (unpaired) electrons. The van der Waals surface area contributed by atoms with Gasteiger partial charge in [-0.1, -0.05) is 47.2 Å². The maximum absolute atomic E-state index is 13.5. The number of hydrogen-bond acceptors (Lipinski definition) is 5. The molecule has 156 valence electrons. The van der Waals surface area contributed by atoms with Crippen LogP contribution in [0, 0.1) is 0 Å². The average molecular weight is 451 g/mol. The first kappa shape index (κ1) is 20.0. The molecule has 5 rings (SSSR count). The van der Waals surface area contributed by atoms with Gasteiger partial charge in [-0.2, -0.15) is 0 Å². The number of methoxy groups -OCH3 is 1. The average Bonchev–Trinajstić information content (AvgIpc) is 3.09. The molecule has 0 saturated carbocycles. The lowest BCUT2D eigenvalue weighted by atomic mass is 9.86. The van der Waals surface area contributed by atoms with E-state index in [9.17, 15) is 9.59 Å². The fraction of sp³-hybridized carbons (Fsp3) is 0.208. The van der Waals surface area contributed by atoms with E-state index in [1.54, 1.807) is 23.8 Å². The third kappa shape index (κ3) is 3.56. The molecule has 1 atom stereocenters. The van der Waals surface area contributed by atoms with Gasteiger partial charge in [0.1, 0.15) is 5.75 Å². The van der Waals surface area contributed by atoms with Crippen LogP contribution in [0.3, 0.4) is 0 Å². The summed E-state index contributed by atoms with van der Waals surface area (Å²) in [5.74, 6) is 0.792. The van der Waals surface area contributed by atoms with Gasteiger partial charge in [-0.3, -0.25) is 14.2 Å². The highest BCUT2D eigenvalue weighted by Crippen LogP contribution is 2.36. The van der Waals surface area contributed by atoms with E-state index in [4.69, 9.17) is 21.3 Å². The Labute approximate surface area is 187 Å². The summed E-state index contributed by atoms with van der Waals surface area (Å²) < 4.78 is 7.52. The van der Waals surface area contributed by atoms with Gasteiger partial charge in [0.15, 0.2) is 10.6 Å². The maximum atomic E-state index is 13.5. The first-order valence-electron chi connectivity index (χ1n) is 10.0. The van der Waals surface area contributed by atoms with E-state index in [1.165, 1.54) is 11.3 Å². The molecule has 1 aliphatic heterocycles. The zero-order chi connectivity index (χ0) is 21.5. The van der Waals surface area contributed by atoms with Crippen LogP contribution in [0.25, 0.3) is 6.08 Å². The topological polar surface area (TPSA) is 60.7 Å². The van der Waals surface area contributed by atoms with Crippen molar-refractivity contribution in [1.82, 2.24) is 4.57 Å². The molecule has 0 spiro atoms. The van der Waals surface area contributed by atoms with Crippen LogP contribution in [0.4, 0.5) is 0 Å². The van der Waals surface area contributed by atoms with Crippen LogP contribution < -0.4 is 19.6 Å². The molecule has 0 amide bonds. The second kappa shape index (κ2) is 7.94. The number of ether oxygens (including phenoxy) is 1. The molecule has 1 unspecified atom stereocenters. The number of fused-ring (bicyclic) bond motifs is 1. The Morgan fingerprint density at radius 2 is 1.84 bits per heavy atom. The molecule has 2 aliphatic rings. The van der Waals surface area contributed by atoms with Gasteiger partial charge in [-0.05, 0) is 54.3 Å². The Balaban J connectivity index is 1.73. The zero-order valence-corrected chi connectivity index (χ0v) is 18.4. The molecule has 7 heteroatoms. The molecule has 2 aromatic carbocycles. The van der Waals surface area contributed by atoms with Crippen LogP contribution in [-0.4, -0.2) is 17.5 Å². The summed E-state index contributed by atoms with van der Waals surface area (Å²) in [6.45, 7) is 0. The molecule has 5 nitrogen and oxygen atoms in total. The summed E-state index contributed by atoms with van der Waals surface area (Å²) in [7, 11) is 1.61. The fourth-order valence-corrected chi connectivity index (χ4v) is 5.27. The number of hydrogen-bond donors (Lipinski definition) is 0. The van der Waals surface area contributed by atoms with Crippen LogP contribution in [0.15, 0.2) is 69.6 Å². The monoisotopic (exact) mass is 450 g/mol. The first-order chi connectivity index (χ1) is 15.0. The molecule has 0 N–H and O–H groups in total. The normalized spacial score (nSPS) is 18.5. The second-order valence-corrected chi connectivity index (χ2v) is 8.99.